The normalized spacial score (nSPS) is 10.5. The number of nitrogens with one attached hydrogen (secondary N) is 1. The van der Waals surface area contributed by atoms with Gasteiger partial charge in [0.25, 0.3) is 0 Å². The number of fused-ring (bicyclic) bond motifs is 1. The molecule has 2 rings (SSSR count). The van der Waals surface area contributed by atoms with Crippen LogP contribution in [-0.4, -0.2) is 18.1 Å². The Morgan fingerprint density at radius 3 is 2.92 bits per heavy atom. The maximum Gasteiger partial charge on any atom is 0.191 e. The summed E-state index contributed by atoms with van der Waals surface area (Å²) in [5.74, 6) is 0.784. The Kier molecular flexibility index (Phi) is 2.19. The topological polar surface area (TPSA) is 51.0 Å². The minimum Gasteiger partial charge on any atom is -0.478 e. The van der Waals surface area contributed by atoms with Crippen LogP contribution in [0.25, 0.3) is 10.9 Å². The molecule has 3 N–H and O–H groups in total. The Balaban J connectivity index is 2.28. The average Bonchev–Trinajstić information content (AvgIpc) is 2.57. The lowest BCUT2D eigenvalue weighted by molar-refractivity contribution is 0.318. The van der Waals surface area contributed by atoms with Crippen LogP contribution in [0.4, 0.5) is 0 Å². The van der Waals surface area contributed by atoms with Crippen molar-refractivity contribution in [2.24, 2.45) is 5.73 Å². The van der Waals surface area contributed by atoms with Gasteiger partial charge in [-0.25, -0.2) is 0 Å². The molecule has 0 saturated carbocycles. The smallest absolute Gasteiger partial charge is 0.191 e. The van der Waals surface area contributed by atoms with Gasteiger partial charge in [-0.3, -0.25) is 0 Å². The summed E-state index contributed by atoms with van der Waals surface area (Å²) in [6.07, 6.45) is 0. The van der Waals surface area contributed by atoms with Crippen LogP contribution >= 0.6 is 0 Å². The van der Waals surface area contributed by atoms with E-state index in [2.05, 4.69) is 4.98 Å². The van der Waals surface area contributed by atoms with Gasteiger partial charge in [0.05, 0.1) is 0 Å². The number of hydrogen-bond acceptors (Lipinski definition) is 2. The zero-order chi connectivity index (χ0) is 9.10. The van der Waals surface area contributed by atoms with Crippen LogP contribution in [0.3, 0.4) is 0 Å². The van der Waals surface area contributed by atoms with E-state index in [-0.39, 0.29) is 0 Å². The fourth-order valence-electron chi connectivity index (χ4n) is 1.29. The first kappa shape index (κ1) is 8.13. The van der Waals surface area contributed by atoms with Crippen molar-refractivity contribution in [2.75, 3.05) is 13.2 Å². The Hall–Kier alpha value is -1.48. The predicted molar refractivity (Wildman–Crippen MR) is 52.8 cm³/mol. The van der Waals surface area contributed by atoms with Crippen LogP contribution in [0, 0.1) is 0 Å². The third-order valence-electron chi connectivity index (χ3n) is 1.88. The highest BCUT2D eigenvalue weighted by Crippen LogP contribution is 2.19. The molecular formula is C10H12N2O. The molecule has 0 spiro atoms. The van der Waals surface area contributed by atoms with Crippen molar-refractivity contribution in [3.05, 3.63) is 30.3 Å². The van der Waals surface area contributed by atoms with Crippen molar-refractivity contribution in [3.63, 3.8) is 0 Å². The molecule has 68 valence electrons. The molecule has 13 heavy (non-hydrogen) atoms. The maximum absolute atomic E-state index is 5.36. The number of para-hydroxylation sites is 1. The molecule has 0 aliphatic rings. The molecule has 0 aliphatic heterocycles. The Bertz CT molecular complexity index is 361. The number of H-pyrrole nitrogens is 1. The number of nitrogens with two attached hydrogens (primary N) is 1. The van der Waals surface area contributed by atoms with E-state index in [4.69, 9.17) is 10.5 Å². The van der Waals surface area contributed by atoms with Gasteiger partial charge in [-0.15, -0.1) is 0 Å². The second-order valence-corrected chi connectivity index (χ2v) is 2.86. The second kappa shape index (κ2) is 3.49. The van der Waals surface area contributed by atoms with Gasteiger partial charge in [-0.2, -0.15) is 0 Å². The summed E-state index contributed by atoms with van der Waals surface area (Å²) < 4.78 is 5.36. The lowest BCUT2D eigenvalue weighted by atomic mass is 10.3. The number of ether oxygens (including phenoxy) is 1. The molecule has 0 amide bonds. The van der Waals surface area contributed by atoms with Gasteiger partial charge in [-0.05, 0) is 6.07 Å². The van der Waals surface area contributed by atoms with E-state index in [1.165, 1.54) is 0 Å². The van der Waals surface area contributed by atoms with Crippen molar-refractivity contribution in [1.29, 1.82) is 0 Å². The minimum absolute atomic E-state index is 0.537. The van der Waals surface area contributed by atoms with Crippen LogP contribution in [0.15, 0.2) is 30.3 Å². The first-order valence-corrected chi connectivity index (χ1v) is 4.31. The number of hydrogen-bond donors (Lipinski definition) is 2. The third-order valence-corrected chi connectivity index (χ3v) is 1.88. The van der Waals surface area contributed by atoms with Gasteiger partial charge < -0.3 is 15.5 Å². The van der Waals surface area contributed by atoms with E-state index in [1.807, 2.05) is 30.3 Å². The summed E-state index contributed by atoms with van der Waals surface area (Å²) in [6.45, 7) is 1.09. The van der Waals surface area contributed by atoms with Gasteiger partial charge in [-0.1, -0.05) is 18.2 Å². The molecule has 0 saturated heterocycles. The fraction of sp³-hybridized carbons (Fsp3) is 0.200. The Labute approximate surface area is 76.5 Å². The van der Waals surface area contributed by atoms with Gasteiger partial charge in [0.1, 0.15) is 6.61 Å². The SMILES string of the molecule is NCCOc1cc2ccccc2[nH]1. The van der Waals surface area contributed by atoms with E-state index in [1.54, 1.807) is 0 Å². The number of aromatic amines is 1. The van der Waals surface area contributed by atoms with E-state index in [0.29, 0.717) is 13.2 Å². The number of benzene rings is 1. The third kappa shape index (κ3) is 1.65. The Morgan fingerprint density at radius 1 is 1.31 bits per heavy atom. The standard InChI is InChI=1S/C10H12N2O/c11-5-6-13-10-7-8-3-1-2-4-9(8)12-10/h1-4,7,12H,5-6,11H2. The number of rotatable bonds is 3. The molecule has 0 unspecified atom stereocenters. The summed E-state index contributed by atoms with van der Waals surface area (Å²) in [4.78, 5) is 3.15. The number of aromatic nitrogens is 1. The molecule has 0 aliphatic carbocycles. The van der Waals surface area contributed by atoms with E-state index in [0.717, 1.165) is 16.8 Å². The second-order valence-electron chi connectivity index (χ2n) is 2.86. The summed E-state index contributed by atoms with van der Waals surface area (Å²) in [5.41, 5.74) is 6.42. The zero-order valence-corrected chi connectivity index (χ0v) is 7.29. The molecule has 3 nitrogen and oxygen atoms in total. The molecule has 3 heteroatoms. The highest BCUT2D eigenvalue weighted by Gasteiger charge is 1.98. The van der Waals surface area contributed by atoms with E-state index >= 15 is 0 Å². The van der Waals surface area contributed by atoms with Crippen molar-refractivity contribution in [2.45, 2.75) is 0 Å². The average molecular weight is 176 g/mol. The van der Waals surface area contributed by atoms with Crippen LogP contribution in [0.5, 0.6) is 5.88 Å². The van der Waals surface area contributed by atoms with Crippen LogP contribution in [0.1, 0.15) is 0 Å². The summed E-state index contributed by atoms with van der Waals surface area (Å²) in [5, 5.41) is 1.16. The highest BCUT2D eigenvalue weighted by atomic mass is 16.5. The molecule has 0 bridgehead atoms. The van der Waals surface area contributed by atoms with Crippen molar-refractivity contribution in [1.82, 2.24) is 4.98 Å². The molecule has 1 heterocycles. The van der Waals surface area contributed by atoms with Gasteiger partial charge in [0, 0.05) is 23.5 Å². The first-order valence-electron chi connectivity index (χ1n) is 4.31. The lowest BCUT2D eigenvalue weighted by Gasteiger charge is -1.98. The van der Waals surface area contributed by atoms with Crippen molar-refractivity contribution >= 4 is 10.9 Å². The van der Waals surface area contributed by atoms with Crippen molar-refractivity contribution in [3.8, 4) is 5.88 Å². The molecule has 1 aromatic carbocycles. The van der Waals surface area contributed by atoms with Gasteiger partial charge in [0.15, 0.2) is 5.88 Å². The monoisotopic (exact) mass is 176 g/mol. The fourth-order valence-corrected chi connectivity index (χ4v) is 1.29. The van der Waals surface area contributed by atoms with E-state index in [9.17, 15) is 0 Å². The summed E-state index contributed by atoms with van der Waals surface area (Å²) >= 11 is 0. The predicted octanol–water partition coefficient (Wildman–Crippen LogP) is 1.51. The van der Waals surface area contributed by atoms with Crippen molar-refractivity contribution < 1.29 is 4.74 Å². The van der Waals surface area contributed by atoms with Crippen LogP contribution in [-0.2, 0) is 0 Å². The van der Waals surface area contributed by atoms with Crippen LogP contribution in [0.2, 0.25) is 0 Å². The summed E-state index contributed by atoms with van der Waals surface area (Å²) in [7, 11) is 0. The molecule has 0 fully saturated rings. The summed E-state index contributed by atoms with van der Waals surface area (Å²) in [6, 6.07) is 10.0. The van der Waals surface area contributed by atoms with Crippen LogP contribution < -0.4 is 10.5 Å². The molecule has 2 aromatic rings. The molecule has 0 radical (unpaired) electrons. The van der Waals surface area contributed by atoms with Gasteiger partial charge in [0.2, 0.25) is 0 Å². The molecule has 0 atom stereocenters. The molecule has 1 aromatic heterocycles. The minimum atomic E-state index is 0.537. The van der Waals surface area contributed by atoms with Gasteiger partial charge >= 0.3 is 0 Å². The highest BCUT2D eigenvalue weighted by molar-refractivity contribution is 5.81. The lowest BCUT2D eigenvalue weighted by Crippen LogP contribution is -2.10. The Morgan fingerprint density at radius 2 is 2.15 bits per heavy atom. The largest absolute Gasteiger partial charge is 0.478 e. The van der Waals surface area contributed by atoms with E-state index < -0.39 is 0 Å². The maximum atomic E-state index is 5.36. The molecular weight excluding hydrogens is 164 g/mol. The zero-order valence-electron chi connectivity index (χ0n) is 7.29. The first-order chi connectivity index (χ1) is 6.40. The quantitative estimate of drug-likeness (QED) is 0.744.